The molecular formula is C17H28N2O. The Balaban J connectivity index is 1.94. The second-order valence-corrected chi connectivity index (χ2v) is 6.27. The van der Waals surface area contributed by atoms with E-state index in [1.54, 1.807) is 0 Å². The van der Waals surface area contributed by atoms with Crippen molar-refractivity contribution in [2.45, 2.75) is 52.7 Å². The molecule has 1 aliphatic heterocycles. The van der Waals surface area contributed by atoms with Crippen LogP contribution in [0, 0.1) is 5.92 Å². The molecule has 1 heterocycles. The summed E-state index contributed by atoms with van der Waals surface area (Å²) in [6.45, 7) is 10.9. The zero-order valence-corrected chi connectivity index (χ0v) is 13.2. The van der Waals surface area contributed by atoms with Crippen molar-refractivity contribution in [3.63, 3.8) is 0 Å². The highest BCUT2D eigenvalue weighted by atomic mass is 16.5. The van der Waals surface area contributed by atoms with Crippen LogP contribution in [0.5, 0.6) is 5.75 Å². The number of anilines is 1. The second kappa shape index (κ2) is 6.98. The third kappa shape index (κ3) is 4.14. The summed E-state index contributed by atoms with van der Waals surface area (Å²) in [5, 5.41) is 7.06. The largest absolute Gasteiger partial charge is 0.486 e. The first kappa shape index (κ1) is 15.2. The molecule has 0 saturated carbocycles. The van der Waals surface area contributed by atoms with E-state index in [-0.39, 0.29) is 0 Å². The second-order valence-electron chi connectivity index (χ2n) is 6.27. The van der Waals surface area contributed by atoms with Crippen LogP contribution in [0.25, 0.3) is 0 Å². The lowest BCUT2D eigenvalue weighted by molar-refractivity contribution is 0.202. The number of benzene rings is 1. The van der Waals surface area contributed by atoms with Crippen molar-refractivity contribution in [1.29, 1.82) is 0 Å². The molecular weight excluding hydrogens is 248 g/mol. The van der Waals surface area contributed by atoms with E-state index >= 15 is 0 Å². The lowest BCUT2D eigenvalue weighted by atomic mass is 10.0. The zero-order chi connectivity index (χ0) is 14.5. The molecule has 0 aromatic heterocycles. The third-order valence-corrected chi connectivity index (χ3v) is 3.73. The van der Waals surface area contributed by atoms with Gasteiger partial charge in [0, 0.05) is 6.04 Å². The molecule has 1 aromatic rings. The standard InChI is InChI=1S/C17H28N2O/c1-5-15-11-19-16-9-14(6-7-17(16)20-15)8-13(4)18-10-12(2)3/h6-7,9,12-13,15,18-19H,5,8,10-11H2,1-4H3. The van der Waals surface area contributed by atoms with E-state index in [0.29, 0.717) is 18.1 Å². The van der Waals surface area contributed by atoms with Gasteiger partial charge in [0.05, 0.1) is 12.2 Å². The number of hydrogen-bond acceptors (Lipinski definition) is 3. The maximum Gasteiger partial charge on any atom is 0.142 e. The van der Waals surface area contributed by atoms with Gasteiger partial charge in [0.1, 0.15) is 11.9 Å². The summed E-state index contributed by atoms with van der Waals surface area (Å²) in [7, 11) is 0. The molecule has 2 N–H and O–H groups in total. The topological polar surface area (TPSA) is 33.3 Å². The van der Waals surface area contributed by atoms with E-state index in [2.05, 4.69) is 56.5 Å². The Labute approximate surface area is 123 Å². The van der Waals surface area contributed by atoms with Crippen LogP contribution in [0.1, 0.15) is 39.7 Å². The molecule has 0 amide bonds. The number of rotatable bonds is 6. The number of ether oxygens (including phenoxy) is 1. The molecule has 2 unspecified atom stereocenters. The highest BCUT2D eigenvalue weighted by Gasteiger charge is 2.18. The number of hydrogen-bond donors (Lipinski definition) is 2. The van der Waals surface area contributed by atoms with Gasteiger partial charge >= 0.3 is 0 Å². The molecule has 0 aliphatic carbocycles. The zero-order valence-electron chi connectivity index (χ0n) is 13.2. The normalized spacial score (nSPS) is 19.1. The number of nitrogens with one attached hydrogen (secondary N) is 2. The van der Waals surface area contributed by atoms with Gasteiger partial charge in [0.25, 0.3) is 0 Å². The summed E-state index contributed by atoms with van der Waals surface area (Å²) >= 11 is 0. The molecule has 3 heteroatoms. The SMILES string of the molecule is CCC1CNc2cc(CC(C)NCC(C)C)ccc2O1. The molecule has 3 nitrogen and oxygen atoms in total. The van der Waals surface area contributed by atoms with Crippen molar-refractivity contribution in [2.24, 2.45) is 5.92 Å². The molecule has 2 rings (SSSR count). The van der Waals surface area contributed by atoms with Crippen LogP contribution in [0.15, 0.2) is 18.2 Å². The van der Waals surface area contributed by atoms with Crippen LogP contribution in [-0.4, -0.2) is 25.2 Å². The Hall–Kier alpha value is -1.22. The molecule has 0 saturated heterocycles. The Morgan fingerprint density at radius 3 is 2.85 bits per heavy atom. The van der Waals surface area contributed by atoms with Crippen molar-refractivity contribution in [3.05, 3.63) is 23.8 Å². The van der Waals surface area contributed by atoms with Crippen molar-refractivity contribution >= 4 is 5.69 Å². The fourth-order valence-electron chi connectivity index (χ4n) is 2.48. The lowest BCUT2D eigenvalue weighted by Crippen LogP contribution is -2.32. The molecule has 0 bridgehead atoms. The van der Waals surface area contributed by atoms with Crippen LogP contribution in [0.4, 0.5) is 5.69 Å². The van der Waals surface area contributed by atoms with Crippen molar-refractivity contribution < 1.29 is 4.74 Å². The van der Waals surface area contributed by atoms with Crippen molar-refractivity contribution in [3.8, 4) is 5.75 Å². The van der Waals surface area contributed by atoms with Gasteiger partial charge in [-0.05, 0) is 49.9 Å². The summed E-state index contributed by atoms with van der Waals surface area (Å²) in [4.78, 5) is 0. The Kier molecular flexibility index (Phi) is 5.30. The first-order valence-electron chi connectivity index (χ1n) is 7.85. The molecule has 2 atom stereocenters. The predicted molar refractivity (Wildman–Crippen MR) is 85.6 cm³/mol. The van der Waals surface area contributed by atoms with Crippen LogP contribution >= 0.6 is 0 Å². The molecule has 1 aromatic carbocycles. The maximum absolute atomic E-state index is 5.94. The molecule has 112 valence electrons. The van der Waals surface area contributed by atoms with E-state index in [9.17, 15) is 0 Å². The fraction of sp³-hybridized carbons (Fsp3) is 0.647. The van der Waals surface area contributed by atoms with E-state index in [4.69, 9.17) is 4.74 Å². The van der Waals surface area contributed by atoms with Gasteiger partial charge in [-0.1, -0.05) is 26.8 Å². The monoisotopic (exact) mass is 276 g/mol. The molecule has 0 fully saturated rings. The summed E-state index contributed by atoms with van der Waals surface area (Å²) < 4.78 is 5.94. The van der Waals surface area contributed by atoms with Crippen molar-refractivity contribution in [2.75, 3.05) is 18.4 Å². The first-order chi connectivity index (χ1) is 9.58. The number of fused-ring (bicyclic) bond motifs is 1. The van der Waals surface area contributed by atoms with Crippen LogP contribution in [-0.2, 0) is 6.42 Å². The molecule has 0 spiro atoms. The molecule has 1 aliphatic rings. The Morgan fingerprint density at radius 1 is 1.35 bits per heavy atom. The van der Waals surface area contributed by atoms with E-state index in [1.807, 2.05) is 0 Å². The quantitative estimate of drug-likeness (QED) is 0.835. The van der Waals surface area contributed by atoms with Crippen LogP contribution in [0.2, 0.25) is 0 Å². The maximum atomic E-state index is 5.94. The van der Waals surface area contributed by atoms with E-state index in [0.717, 1.165) is 37.4 Å². The average molecular weight is 276 g/mol. The highest BCUT2D eigenvalue weighted by molar-refractivity contribution is 5.59. The molecule has 0 radical (unpaired) electrons. The van der Waals surface area contributed by atoms with Gasteiger partial charge in [-0.25, -0.2) is 0 Å². The van der Waals surface area contributed by atoms with E-state index in [1.165, 1.54) is 5.56 Å². The molecule has 20 heavy (non-hydrogen) atoms. The van der Waals surface area contributed by atoms with Gasteiger partial charge in [-0.15, -0.1) is 0 Å². The fourth-order valence-corrected chi connectivity index (χ4v) is 2.48. The van der Waals surface area contributed by atoms with Crippen LogP contribution < -0.4 is 15.4 Å². The summed E-state index contributed by atoms with van der Waals surface area (Å²) in [6.07, 6.45) is 2.41. The minimum absolute atomic E-state index is 0.306. The highest BCUT2D eigenvalue weighted by Crippen LogP contribution is 2.30. The van der Waals surface area contributed by atoms with Gasteiger partial charge in [0.15, 0.2) is 0 Å². The smallest absolute Gasteiger partial charge is 0.142 e. The minimum Gasteiger partial charge on any atom is -0.486 e. The first-order valence-corrected chi connectivity index (χ1v) is 7.85. The minimum atomic E-state index is 0.306. The Morgan fingerprint density at radius 2 is 2.15 bits per heavy atom. The Bertz CT molecular complexity index is 431. The summed E-state index contributed by atoms with van der Waals surface area (Å²) in [5.74, 6) is 1.69. The van der Waals surface area contributed by atoms with E-state index < -0.39 is 0 Å². The van der Waals surface area contributed by atoms with Gasteiger partial charge < -0.3 is 15.4 Å². The third-order valence-electron chi connectivity index (χ3n) is 3.73. The van der Waals surface area contributed by atoms with Gasteiger partial charge in [0.2, 0.25) is 0 Å². The lowest BCUT2D eigenvalue weighted by Gasteiger charge is -2.27. The van der Waals surface area contributed by atoms with Gasteiger partial charge in [-0.2, -0.15) is 0 Å². The summed E-state index contributed by atoms with van der Waals surface area (Å²) in [6, 6.07) is 7.03. The van der Waals surface area contributed by atoms with Crippen molar-refractivity contribution in [1.82, 2.24) is 5.32 Å². The van der Waals surface area contributed by atoms with Gasteiger partial charge in [-0.3, -0.25) is 0 Å². The van der Waals surface area contributed by atoms with Crippen LogP contribution in [0.3, 0.4) is 0 Å². The summed E-state index contributed by atoms with van der Waals surface area (Å²) in [5.41, 5.74) is 2.50. The predicted octanol–water partition coefficient (Wildman–Crippen LogP) is 3.45. The average Bonchev–Trinajstić information content (AvgIpc) is 2.44.